The molecular weight excluding hydrogens is 536 g/mol. The minimum Gasteiger partial charge on any atom is -0.367 e. The maximum Gasteiger partial charge on any atom is 0.227 e. The number of carbonyl (C=O) groups excluding carboxylic acids is 1. The summed E-state index contributed by atoms with van der Waals surface area (Å²) < 4.78 is 15.7. The second-order valence-corrected chi connectivity index (χ2v) is 11.2. The van der Waals surface area contributed by atoms with E-state index in [-0.39, 0.29) is 17.6 Å². The first kappa shape index (κ1) is 26.1. The Balaban J connectivity index is 1.14. The van der Waals surface area contributed by atoms with Gasteiger partial charge in [-0.1, -0.05) is 35.3 Å². The van der Waals surface area contributed by atoms with Crippen molar-refractivity contribution in [1.82, 2.24) is 19.4 Å². The van der Waals surface area contributed by atoms with Gasteiger partial charge in [0.1, 0.15) is 11.6 Å². The topological polar surface area (TPSA) is 44.6 Å². The van der Waals surface area contributed by atoms with Crippen molar-refractivity contribution in [2.45, 2.75) is 19.4 Å². The first-order valence-corrected chi connectivity index (χ1v) is 14.2. The van der Waals surface area contributed by atoms with Crippen molar-refractivity contribution in [3.63, 3.8) is 0 Å². The number of hydrogen-bond acceptors (Lipinski definition) is 4. The van der Waals surface area contributed by atoms with E-state index < -0.39 is 0 Å². The number of fused-ring (bicyclic) bond motifs is 1. The molecule has 2 aliphatic rings. The number of nitrogens with zero attached hydrogens (tertiary/aromatic N) is 5. The van der Waals surface area contributed by atoms with Crippen molar-refractivity contribution < 1.29 is 9.18 Å². The lowest BCUT2D eigenvalue weighted by molar-refractivity contribution is -0.137. The molecule has 2 fully saturated rings. The van der Waals surface area contributed by atoms with Crippen LogP contribution in [0.25, 0.3) is 16.7 Å². The van der Waals surface area contributed by atoms with Crippen molar-refractivity contribution >= 4 is 45.8 Å². The molecule has 6 nitrogen and oxygen atoms in total. The van der Waals surface area contributed by atoms with E-state index in [1.807, 2.05) is 41.3 Å². The molecule has 1 aromatic heterocycles. The molecule has 4 aromatic rings. The molecule has 0 bridgehead atoms. The van der Waals surface area contributed by atoms with Crippen molar-refractivity contribution in [3.05, 3.63) is 88.4 Å². The molecule has 202 valence electrons. The van der Waals surface area contributed by atoms with Gasteiger partial charge in [0.25, 0.3) is 0 Å². The average molecular weight is 567 g/mol. The van der Waals surface area contributed by atoms with E-state index in [9.17, 15) is 9.18 Å². The van der Waals surface area contributed by atoms with E-state index in [0.717, 1.165) is 60.7 Å². The van der Waals surface area contributed by atoms with Gasteiger partial charge in [-0.15, -0.1) is 0 Å². The summed E-state index contributed by atoms with van der Waals surface area (Å²) in [6.07, 6.45) is 1.86. The van der Waals surface area contributed by atoms with Gasteiger partial charge in [-0.2, -0.15) is 0 Å². The van der Waals surface area contributed by atoms with Crippen LogP contribution >= 0.6 is 23.2 Å². The van der Waals surface area contributed by atoms with Gasteiger partial charge in [-0.3, -0.25) is 14.3 Å². The smallest absolute Gasteiger partial charge is 0.227 e. The summed E-state index contributed by atoms with van der Waals surface area (Å²) in [5.74, 6) is 0.814. The number of para-hydroxylation sites is 2. The van der Waals surface area contributed by atoms with Crippen LogP contribution in [-0.2, 0) is 11.3 Å². The number of anilines is 1. The normalized spacial score (nSPS) is 18.6. The number of rotatable bonds is 5. The predicted molar refractivity (Wildman–Crippen MR) is 154 cm³/mol. The molecule has 3 aromatic carbocycles. The third kappa shape index (κ3) is 5.49. The summed E-state index contributed by atoms with van der Waals surface area (Å²) in [5.41, 5.74) is 3.69. The molecule has 0 unspecified atom stereocenters. The molecule has 0 N–H and O–H groups in total. The molecule has 39 heavy (non-hydrogen) atoms. The summed E-state index contributed by atoms with van der Waals surface area (Å²) in [7, 11) is 0. The molecule has 6 rings (SSSR count). The van der Waals surface area contributed by atoms with Crippen LogP contribution in [0.3, 0.4) is 0 Å². The lowest BCUT2D eigenvalue weighted by Gasteiger charge is -2.40. The minimum absolute atomic E-state index is 0.0382. The van der Waals surface area contributed by atoms with Gasteiger partial charge in [0.2, 0.25) is 5.91 Å². The van der Waals surface area contributed by atoms with Crippen LogP contribution in [-0.4, -0.2) is 64.5 Å². The highest BCUT2D eigenvalue weighted by molar-refractivity contribution is 6.35. The van der Waals surface area contributed by atoms with E-state index in [1.54, 1.807) is 18.2 Å². The van der Waals surface area contributed by atoms with Gasteiger partial charge in [0, 0.05) is 43.4 Å². The van der Waals surface area contributed by atoms with Crippen LogP contribution in [0.1, 0.15) is 18.7 Å². The summed E-state index contributed by atoms with van der Waals surface area (Å²) in [6.45, 7) is 5.02. The lowest BCUT2D eigenvalue weighted by atomic mass is 9.96. The van der Waals surface area contributed by atoms with E-state index in [1.165, 1.54) is 12.1 Å². The van der Waals surface area contributed by atoms with Crippen molar-refractivity contribution in [2.75, 3.05) is 44.2 Å². The first-order valence-electron chi connectivity index (χ1n) is 13.4. The summed E-state index contributed by atoms with van der Waals surface area (Å²) in [6, 6.07) is 20.0. The number of imidazole rings is 1. The monoisotopic (exact) mass is 565 g/mol. The molecule has 1 atom stereocenters. The second-order valence-electron chi connectivity index (χ2n) is 10.3. The quantitative estimate of drug-likeness (QED) is 0.296. The Kier molecular flexibility index (Phi) is 7.47. The zero-order valence-electron chi connectivity index (χ0n) is 21.6. The highest BCUT2D eigenvalue weighted by Gasteiger charge is 2.32. The van der Waals surface area contributed by atoms with E-state index in [4.69, 9.17) is 28.2 Å². The number of hydrogen-bond donors (Lipinski definition) is 0. The van der Waals surface area contributed by atoms with Gasteiger partial charge < -0.3 is 9.80 Å². The zero-order chi connectivity index (χ0) is 26.9. The zero-order valence-corrected chi connectivity index (χ0v) is 23.1. The van der Waals surface area contributed by atoms with Crippen LogP contribution in [0.2, 0.25) is 10.0 Å². The highest BCUT2D eigenvalue weighted by atomic mass is 35.5. The number of piperazine rings is 1. The molecule has 0 spiro atoms. The number of aromatic nitrogens is 2. The van der Waals surface area contributed by atoms with Crippen LogP contribution in [0.5, 0.6) is 0 Å². The first-order chi connectivity index (χ1) is 19.0. The summed E-state index contributed by atoms with van der Waals surface area (Å²) >= 11 is 12.6. The van der Waals surface area contributed by atoms with Gasteiger partial charge in [0.05, 0.1) is 34.2 Å². The maximum absolute atomic E-state index is 13.6. The lowest BCUT2D eigenvalue weighted by Crippen LogP contribution is -2.52. The summed E-state index contributed by atoms with van der Waals surface area (Å²) in [4.78, 5) is 25.0. The Labute approximate surface area is 237 Å². The number of halogens is 3. The molecule has 3 heterocycles. The van der Waals surface area contributed by atoms with Gasteiger partial charge in [-0.25, -0.2) is 9.37 Å². The Morgan fingerprint density at radius 1 is 0.949 bits per heavy atom. The third-order valence-corrected chi connectivity index (χ3v) is 8.33. The predicted octanol–water partition coefficient (Wildman–Crippen LogP) is 6.03. The molecule has 9 heteroatoms. The Hall–Kier alpha value is -3.13. The van der Waals surface area contributed by atoms with Crippen LogP contribution in [0, 0.1) is 11.7 Å². The fourth-order valence-electron chi connectivity index (χ4n) is 5.82. The highest BCUT2D eigenvalue weighted by Crippen LogP contribution is 2.31. The number of piperidine rings is 1. The van der Waals surface area contributed by atoms with E-state index in [2.05, 4.69) is 14.4 Å². The van der Waals surface area contributed by atoms with Gasteiger partial charge in [0.15, 0.2) is 0 Å². The van der Waals surface area contributed by atoms with Crippen molar-refractivity contribution in [1.29, 1.82) is 0 Å². The van der Waals surface area contributed by atoms with Crippen molar-refractivity contribution in [3.8, 4) is 5.69 Å². The largest absolute Gasteiger partial charge is 0.367 e. The average Bonchev–Trinajstić information content (AvgIpc) is 3.32. The number of benzene rings is 3. The SMILES string of the molecule is O=C([C@H]1CCCN(Cc2nc3ccccc3n2-c2ccc(F)cc2)C1)N1CCN(c2cc(Cl)ccc2Cl)CC1. The molecule has 2 aliphatic heterocycles. The molecular formula is C30H30Cl2FN5O. The molecule has 0 radical (unpaired) electrons. The van der Waals surface area contributed by atoms with Crippen LogP contribution < -0.4 is 4.90 Å². The fraction of sp³-hybridized carbons (Fsp3) is 0.333. The molecule has 0 saturated carbocycles. The number of amides is 1. The molecule has 0 aliphatic carbocycles. The second kappa shape index (κ2) is 11.2. The van der Waals surface area contributed by atoms with E-state index >= 15 is 0 Å². The third-order valence-electron chi connectivity index (χ3n) is 7.78. The van der Waals surface area contributed by atoms with Crippen molar-refractivity contribution in [2.24, 2.45) is 5.92 Å². The molecule has 2 saturated heterocycles. The maximum atomic E-state index is 13.6. The number of carbonyl (C=O) groups is 1. The molecule has 1 amide bonds. The van der Waals surface area contributed by atoms with Gasteiger partial charge in [-0.05, 0) is 74.0 Å². The Bertz CT molecular complexity index is 1480. The Morgan fingerprint density at radius 2 is 1.72 bits per heavy atom. The fourth-order valence-corrected chi connectivity index (χ4v) is 6.22. The van der Waals surface area contributed by atoms with Gasteiger partial charge >= 0.3 is 0 Å². The Morgan fingerprint density at radius 3 is 2.51 bits per heavy atom. The summed E-state index contributed by atoms with van der Waals surface area (Å²) in [5, 5.41) is 1.33. The van der Waals surface area contributed by atoms with Crippen LogP contribution in [0.15, 0.2) is 66.7 Å². The van der Waals surface area contributed by atoms with Crippen LogP contribution in [0.4, 0.5) is 10.1 Å². The minimum atomic E-state index is -0.265. The van der Waals surface area contributed by atoms with E-state index in [0.29, 0.717) is 36.2 Å². The standard InChI is InChI=1S/C30H30Cl2FN5O/c31-22-7-12-25(32)28(18-22)36-14-16-37(17-15-36)30(39)21-4-3-13-35(19-21)20-29-34-26-5-1-2-6-27(26)38(29)24-10-8-23(33)9-11-24/h1-2,5-12,18,21H,3-4,13-17,19-20H2/t21-/m0/s1. The number of likely N-dealkylation sites (tertiary alicyclic amines) is 1.